The van der Waals surface area contributed by atoms with Crippen LogP contribution in [0.3, 0.4) is 0 Å². The van der Waals surface area contributed by atoms with E-state index in [-0.39, 0.29) is 11.9 Å². The van der Waals surface area contributed by atoms with Crippen molar-refractivity contribution in [2.75, 3.05) is 5.32 Å². The van der Waals surface area contributed by atoms with Crippen molar-refractivity contribution in [1.29, 1.82) is 0 Å². The van der Waals surface area contributed by atoms with Crippen molar-refractivity contribution in [1.82, 2.24) is 20.1 Å². The number of nitrogens with zero attached hydrogens (tertiary/aromatic N) is 3. The number of halogens is 1. The van der Waals surface area contributed by atoms with Crippen LogP contribution in [0.2, 0.25) is 0 Å². The summed E-state index contributed by atoms with van der Waals surface area (Å²) < 4.78 is 14.9. The largest absolute Gasteiger partial charge is 0.481 e. The Bertz CT molecular complexity index is 763. The normalized spacial score (nSPS) is 19.9. The maximum absolute atomic E-state index is 13.6. The van der Waals surface area contributed by atoms with Gasteiger partial charge in [-0.25, -0.2) is 18.9 Å². The average Bonchev–Trinajstić information content (AvgIpc) is 3.17. The molecule has 2 atom stereocenters. The van der Waals surface area contributed by atoms with Gasteiger partial charge in [0, 0.05) is 12.2 Å². The molecule has 0 spiro atoms. The number of amides is 2. The number of anilines is 1. The third-order valence-electron chi connectivity index (χ3n) is 3.91. The maximum Gasteiger partial charge on any atom is 0.319 e. The van der Waals surface area contributed by atoms with E-state index in [1.54, 1.807) is 0 Å². The van der Waals surface area contributed by atoms with Gasteiger partial charge in [-0.1, -0.05) is 0 Å². The first kappa shape index (κ1) is 15.9. The molecule has 2 aromatic heterocycles. The van der Waals surface area contributed by atoms with Crippen LogP contribution in [0.25, 0.3) is 5.82 Å². The summed E-state index contributed by atoms with van der Waals surface area (Å²) in [5, 5.41) is 18.2. The molecule has 1 saturated carbocycles. The quantitative estimate of drug-likeness (QED) is 0.790. The van der Waals surface area contributed by atoms with E-state index in [0.717, 1.165) is 0 Å². The second kappa shape index (κ2) is 6.65. The number of carbonyl (C=O) groups is 2. The van der Waals surface area contributed by atoms with Gasteiger partial charge in [0.25, 0.3) is 0 Å². The highest BCUT2D eigenvalue weighted by atomic mass is 19.1. The molecule has 8 nitrogen and oxygen atoms in total. The number of aromatic nitrogens is 3. The summed E-state index contributed by atoms with van der Waals surface area (Å²) in [6.45, 7) is 0. The number of hydrogen-bond acceptors (Lipinski definition) is 4. The zero-order valence-corrected chi connectivity index (χ0v) is 12.6. The molecular formula is C15H16FN5O3. The molecule has 0 aliphatic heterocycles. The number of aliphatic carboxylic acids is 1. The molecule has 0 aromatic carbocycles. The van der Waals surface area contributed by atoms with Crippen LogP contribution in [0, 0.1) is 11.7 Å². The Morgan fingerprint density at radius 2 is 2.21 bits per heavy atom. The van der Waals surface area contributed by atoms with Crippen molar-refractivity contribution in [3.63, 3.8) is 0 Å². The van der Waals surface area contributed by atoms with Crippen LogP contribution in [-0.4, -0.2) is 37.9 Å². The summed E-state index contributed by atoms with van der Waals surface area (Å²) in [7, 11) is 0. The number of nitrogens with one attached hydrogen (secondary N) is 2. The van der Waals surface area contributed by atoms with E-state index in [9.17, 15) is 14.0 Å². The van der Waals surface area contributed by atoms with Crippen LogP contribution in [-0.2, 0) is 4.79 Å². The number of urea groups is 1. The maximum atomic E-state index is 13.6. The molecule has 0 saturated heterocycles. The summed E-state index contributed by atoms with van der Waals surface area (Å²) in [6.07, 6.45) is 5.86. The van der Waals surface area contributed by atoms with Crippen LogP contribution in [0.1, 0.15) is 19.3 Å². The molecule has 0 bridgehead atoms. The van der Waals surface area contributed by atoms with Crippen molar-refractivity contribution in [3.8, 4) is 5.82 Å². The first-order chi connectivity index (χ1) is 11.5. The lowest BCUT2D eigenvalue weighted by Crippen LogP contribution is -2.36. The zero-order chi connectivity index (χ0) is 17.1. The lowest BCUT2D eigenvalue weighted by atomic mass is 10.1. The summed E-state index contributed by atoms with van der Waals surface area (Å²) in [5.74, 6) is -1.74. The van der Waals surface area contributed by atoms with Gasteiger partial charge in [0.2, 0.25) is 0 Å². The lowest BCUT2D eigenvalue weighted by Gasteiger charge is -2.12. The molecule has 1 fully saturated rings. The number of rotatable bonds is 4. The molecule has 1 aliphatic carbocycles. The minimum absolute atomic E-state index is 0.0334. The van der Waals surface area contributed by atoms with E-state index in [4.69, 9.17) is 5.11 Å². The molecule has 126 valence electrons. The molecule has 0 unspecified atom stereocenters. The summed E-state index contributed by atoms with van der Waals surface area (Å²) in [6, 6.07) is 2.12. The minimum atomic E-state index is -0.835. The van der Waals surface area contributed by atoms with Crippen LogP contribution in [0.15, 0.2) is 30.7 Å². The van der Waals surface area contributed by atoms with Gasteiger partial charge in [0.1, 0.15) is 0 Å². The fourth-order valence-corrected chi connectivity index (χ4v) is 2.74. The van der Waals surface area contributed by atoms with Gasteiger partial charge in [-0.05, 0) is 31.4 Å². The van der Waals surface area contributed by atoms with Gasteiger partial charge < -0.3 is 15.7 Å². The lowest BCUT2D eigenvalue weighted by molar-refractivity contribution is -0.141. The van der Waals surface area contributed by atoms with E-state index in [2.05, 4.69) is 20.7 Å². The number of carbonyl (C=O) groups excluding carboxylic acids is 1. The van der Waals surface area contributed by atoms with Gasteiger partial charge in [-0.2, -0.15) is 5.10 Å². The predicted molar refractivity (Wildman–Crippen MR) is 82.2 cm³/mol. The Morgan fingerprint density at radius 1 is 1.38 bits per heavy atom. The monoisotopic (exact) mass is 333 g/mol. The Kier molecular flexibility index (Phi) is 4.41. The number of carboxylic acids is 1. The molecular weight excluding hydrogens is 317 g/mol. The van der Waals surface area contributed by atoms with Gasteiger partial charge >= 0.3 is 12.0 Å². The molecule has 2 heterocycles. The Hall–Kier alpha value is -2.97. The SMILES string of the molecule is O=C(Nc1cnn(-c2ncccc2F)c1)N[C@H]1CC[C@@H](C(=O)O)C1. The second-order valence-electron chi connectivity index (χ2n) is 5.63. The summed E-state index contributed by atoms with van der Waals surface area (Å²) >= 11 is 0. The summed E-state index contributed by atoms with van der Waals surface area (Å²) in [5.41, 5.74) is 0.380. The highest BCUT2D eigenvalue weighted by Gasteiger charge is 2.30. The van der Waals surface area contributed by atoms with Crippen LogP contribution >= 0.6 is 0 Å². The Labute approximate surface area is 136 Å². The van der Waals surface area contributed by atoms with Gasteiger partial charge in [0.15, 0.2) is 11.6 Å². The topological polar surface area (TPSA) is 109 Å². The van der Waals surface area contributed by atoms with Crippen molar-refractivity contribution < 1.29 is 19.1 Å². The first-order valence-electron chi connectivity index (χ1n) is 7.49. The Balaban J connectivity index is 1.58. The first-order valence-corrected chi connectivity index (χ1v) is 7.49. The van der Waals surface area contributed by atoms with Gasteiger partial charge in [-0.15, -0.1) is 0 Å². The van der Waals surface area contributed by atoms with Gasteiger partial charge in [0.05, 0.1) is 24.0 Å². The van der Waals surface area contributed by atoms with Crippen molar-refractivity contribution in [2.24, 2.45) is 5.92 Å². The standard InChI is InChI=1S/C15H16FN5O3/c16-12-2-1-5-17-13(12)21-8-11(7-18-21)20-15(24)19-10-4-3-9(6-10)14(22)23/h1-2,5,7-10H,3-4,6H2,(H,22,23)(H2,19,20,24)/t9-,10+/m1/s1. The van der Waals surface area contributed by atoms with E-state index in [1.807, 2.05) is 0 Å². The highest BCUT2D eigenvalue weighted by Crippen LogP contribution is 2.25. The second-order valence-corrected chi connectivity index (χ2v) is 5.63. The molecule has 9 heteroatoms. The Morgan fingerprint density at radius 3 is 2.92 bits per heavy atom. The smallest absolute Gasteiger partial charge is 0.319 e. The molecule has 24 heavy (non-hydrogen) atoms. The fourth-order valence-electron chi connectivity index (χ4n) is 2.74. The number of hydrogen-bond donors (Lipinski definition) is 3. The average molecular weight is 333 g/mol. The molecule has 0 radical (unpaired) electrons. The predicted octanol–water partition coefficient (Wildman–Crippen LogP) is 1.78. The number of carboxylic acid groups (broad SMARTS) is 1. The van der Waals surface area contributed by atoms with Crippen molar-refractivity contribution in [2.45, 2.75) is 25.3 Å². The van der Waals surface area contributed by atoms with Crippen LogP contribution in [0.4, 0.5) is 14.9 Å². The van der Waals surface area contributed by atoms with Gasteiger partial charge in [-0.3, -0.25) is 4.79 Å². The van der Waals surface area contributed by atoms with Crippen molar-refractivity contribution in [3.05, 3.63) is 36.5 Å². The third-order valence-corrected chi connectivity index (χ3v) is 3.91. The van der Waals surface area contributed by atoms with E-state index in [1.165, 1.54) is 35.4 Å². The third kappa shape index (κ3) is 3.50. The summed E-state index contributed by atoms with van der Waals surface area (Å²) in [4.78, 5) is 26.8. The highest BCUT2D eigenvalue weighted by molar-refractivity contribution is 5.89. The number of pyridine rings is 1. The molecule has 2 aromatic rings. The molecule has 1 aliphatic rings. The van der Waals surface area contributed by atoms with E-state index in [0.29, 0.717) is 24.9 Å². The molecule has 2 amide bonds. The molecule has 3 rings (SSSR count). The fraction of sp³-hybridized carbons (Fsp3) is 0.333. The molecule has 3 N–H and O–H groups in total. The van der Waals surface area contributed by atoms with Crippen LogP contribution in [0.5, 0.6) is 0 Å². The van der Waals surface area contributed by atoms with E-state index >= 15 is 0 Å². The van der Waals surface area contributed by atoms with E-state index < -0.39 is 23.7 Å². The zero-order valence-electron chi connectivity index (χ0n) is 12.6. The van der Waals surface area contributed by atoms with Crippen LogP contribution < -0.4 is 10.6 Å². The van der Waals surface area contributed by atoms with Crippen molar-refractivity contribution >= 4 is 17.7 Å². The minimum Gasteiger partial charge on any atom is -0.481 e.